The molecule has 1 unspecified atom stereocenters. The van der Waals surface area contributed by atoms with E-state index in [1.165, 1.54) is 0 Å². The van der Waals surface area contributed by atoms with Gasteiger partial charge in [-0.1, -0.05) is 12.1 Å². The molecule has 140 valence electrons. The molecule has 1 N–H and O–H groups in total. The Morgan fingerprint density at radius 3 is 2.52 bits per heavy atom. The molecule has 2 saturated heterocycles. The molecule has 3 rings (SSSR count). The smallest absolute Gasteiger partial charge is 0.253 e. The van der Waals surface area contributed by atoms with E-state index < -0.39 is 0 Å². The molecule has 2 aliphatic heterocycles. The fourth-order valence-corrected chi connectivity index (χ4v) is 3.46. The zero-order chi connectivity index (χ0) is 16.9. The Bertz CT molecular complexity index is 544. The average molecular weight is 368 g/mol. The van der Waals surface area contributed by atoms with Crippen molar-refractivity contribution in [2.45, 2.75) is 39.0 Å². The van der Waals surface area contributed by atoms with E-state index in [1.807, 2.05) is 43.0 Å². The van der Waals surface area contributed by atoms with Gasteiger partial charge in [0.25, 0.3) is 5.91 Å². The van der Waals surface area contributed by atoms with E-state index >= 15 is 0 Å². The lowest BCUT2D eigenvalue weighted by Crippen LogP contribution is -2.49. The van der Waals surface area contributed by atoms with Crippen LogP contribution in [-0.2, 0) is 11.3 Å². The van der Waals surface area contributed by atoms with Gasteiger partial charge in [0.1, 0.15) is 0 Å². The summed E-state index contributed by atoms with van der Waals surface area (Å²) in [6.07, 6.45) is 1.31. The quantitative estimate of drug-likeness (QED) is 0.866. The van der Waals surface area contributed by atoms with E-state index in [1.54, 1.807) is 0 Å². The van der Waals surface area contributed by atoms with Crippen LogP contribution in [0.25, 0.3) is 0 Å². The molecule has 1 aromatic carbocycles. The molecule has 5 nitrogen and oxygen atoms in total. The number of amides is 1. The van der Waals surface area contributed by atoms with Gasteiger partial charge in [-0.3, -0.25) is 9.69 Å². The van der Waals surface area contributed by atoms with Crippen LogP contribution in [-0.4, -0.2) is 67.1 Å². The maximum atomic E-state index is 12.7. The zero-order valence-corrected chi connectivity index (χ0v) is 16.1. The average Bonchev–Trinajstić information content (AvgIpc) is 3.10. The molecular formula is C19H30ClN3O2. The van der Waals surface area contributed by atoms with Crippen molar-refractivity contribution in [3.63, 3.8) is 0 Å². The Labute approximate surface area is 157 Å². The van der Waals surface area contributed by atoms with Crippen LogP contribution in [0.5, 0.6) is 0 Å². The topological polar surface area (TPSA) is 44.8 Å². The van der Waals surface area contributed by atoms with Crippen molar-refractivity contribution in [2.24, 2.45) is 0 Å². The predicted octanol–water partition coefficient (Wildman–Crippen LogP) is 2.15. The van der Waals surface area contributed by atoms with Crippen molar-refractivity contribution >= 4 is 18.3 Å². The van der Waals surface area contributed by atoms with Crippen LogP contribution in [0.15, 0.2) is 24.3 Å². The van der Waals surface area contributed by atoms with Crippen molar-refractivity contribution in [1.29, 1.82) is 0 Å². The molecule has 0 aromatic heterocycles. The normalized spacial score (nSPS) is 21.4. The summed E-state index contributed by atoms with van der Waals surface area (Å²) in [5.41, 5.74) is 1.89. The van der Waals surface area contributed by atoms with Crippen LogP contribution in [0.3, 0.4) is 0 Å². The van der Waals surface area contributed by atoms with Crippen LogP contribution >= 0.6 is 12.4 Å². The summed E-state index contributed by atoms with van der Waals surface area (Å²) in [5, 5.41) is 3.39. The molecule has 0 radical (unpaired) electrons. The van der Waals surface area contributed by atoms with E-state index in [9.17, 15) is 4.79 Å². The maximum Gasteiger partial charge on any atom is 0.253 e. The molecule has 0 aliphatic carbocycles. The second-order valence-corrected chi connectivity index (χ2v) is 7.04. The third kappa shape index (κ3) is 5.42. The molecule has 0 spiro atoms. The number of nitrogens with one attached hydrogen (secondary N) is 1. The minimum atomic E-state index is 0. The van der Waals surface area contributed by atoms with Crippen LogP contribution < -0.4 is 5.32 Å². The van der Waals surface area contributed by atoms with Gasteiger partial charge in [0, 0.05) is 50.9 Å². The predicted molar refractivity (Wildman–Crippen MR) is 102 cm³/mol. The SMILES string of the molecule is CC(C)OCc1ccc(C(=O)N2CCC(N3CCNCC3)C2)cc1.Cl. The third-order valence-electron chi connectivity index (χ3n) is 4.90. The number of carbonyl (C=O) groups excluding carboxylic acids is 1. The summed E-state index contributed by atoms with van der Waals surface area (Å²) >= 11 is 0. The molecule has 2 fully saturated rings. The minimum absolute atomic E-state index is 0. The lowest BCUT2D eigenvalue weighted by Gasteiger charge is -2.32. The first kappa shape index (κ1) is 20.2. The second-order valence-electron chi connectivity index (χ2n) is 7.04. The molecule has 1 amide bonds. The highest BCUT2D eigenvalue weighted by molar-refractivity contribution is 5.94. The summed E-state index contributed by atoms with van der Waals surface area (Å²) in [6, 6.07) is 8.38. The summed E-state index contributed by atoms with van der Waals surface area (Å²) in [7, 11) is 0. The second kappa shape index (κ2) is 9.53. The molecule has 0 bridgehead atoms. The van der Waals surface area contributed by atoms with Gasteiger partial charge in [-0.2, -0.15) is 0 Å². The highest BCUT2D eigenvalue weighted by Crippen LogP contribution is 2.19. The number of hydrogen-bond donors (Lipinski definition) is 1. The van der Waals surface area contributed by atoms with E-state index in [4.69, 9.17) is 4.74 Å². The van der Waals surface area contributed by atoms with Crippen LogP contribution in [0.1, 0.15) is 36.2 Å². The first-order valence-electron chi connectivity index (χ1n) is 9.08. The highest BCUT2D eigenvalue weighted by atomic mass is 35.5. The largest absolute Gasteiger partial charge is 0.374 e. The number of nitrogens with zero attached hydrogens (tertiary/aromatic N) is 2. The summed E-state index contributed by atoms with van der Waals surface area (Å²) < 4.78 is 5.60. The van der Waals surface area contributed by atoms with Gasteiger partial charge in [0.2, 0.25) is 0 Å². The number of hydrogen-bond acceptors (Lipinski definition) is 4. The minimum Gasteiger partial charge on any atom is -0.374 e. The standard InChI is InChI=1S/C19H29N3O2.ClH/c1-15(2)24-14-16-3-5-17(6-4-16)19(23)22-10-7-18(13-22)21-11-8-20-9-12-21;/h3-6,15,18,20H,7-14H2,1-2H3;1H. The van der Waals surface area contributed by atoms with Gasteiger partial charge in [-0.15, -0.1) is 12.4 Å². The van der Waals surface area contributed by atoms with Crippen LogP contribution in [0.2, 0.25) is 0 Å². The fraction of sp³-hybridized carbons (Fsp3) is 0.632. The Hall–Kier alpha value is -1.14. The van der Waals surface area contributed by atoms with Crippen molar-refractivity contribution in [2.75, 3.05) is 39.3 Å². The summed E-state index contributed by atoms with van der Waals surface area (Å²) in [5.74, 6) is 0.156. The monoisotopic (exact) mass is 367 g/mol. The lowest BCUT2D eigenvalue weighted by atomic mass is 10.1. The van der Waals surface area contributed by atoms with Crippen molar-refractivity contribution < 1.29 is 9.53 Å². The molecule has 0 saturated carbocycles. The van der Waals surface area contributed by atoms with Crippen LogP contribution in [0.4, 0.5) is 0 Å². The molecule has 6 heteroatoms. The number of likely N-dealkylation sites (tertiary alicyclic amines) is 1. The molecule has 1 aromatic rings. The number of benzene rings is 1. The fourth-order valence-electron chi connectivity index (χ4n) is 3.46. The van der Waals surface area contributed by atoms with Crippen molar-refractivity contribution in [1.82, 2.24) is 15.1 Å². The van der Waals surface area contributed by atoms with Gasteiger partial charge in [-0.05, 0) is 38.0 Å². The van der Waals surface area contributed by atoms with E-state index in [0.29, 0.717) is 12.6 Å². The number of piperazine rings is 1. The van der Waals surface area contributed by atoms with Gasteiger partial charge in [0.15, 0.2) is 0 Å². The molecule has 2 aliphatic rings. The molecule has 25 heavy (non-hydrogen) atoms. The zero-order valence-electron chi connectivity index (χ0n) is 15.2. The number of halogens is 1. The van der Waals surface area contributed by atoms with E-state index in [0.717, 1.165) is 56.8 Å². The summed E-state index contributed by atoms with van der Waals surface area (Å²) in [6.45, 7) is 10.7. The van der Waals surface area contributed by atoms with Crippen molar-refractivity contribution in [3.8, 4) is 0 Å². The molecule has 2 heterocycles. The van der Waals surface area contributed by atoms with Crippen molar-refractivity contribution in [3.05, 3.63) is 35.4 Å². The number of ether oxygens (including phenoxy) is 1. The third-order valence-corrected chi connectivity index (χ3v) is 4.90. The van der Waals surface area contributed by atoms with Gasteiger partial charge in [-0.25, -0.2) is 0 Å². The van der Waals surface area contributed by atoms with E-state index in [-0.39, 0.29) is 24.4 Å². The Balaban J connectivity index is 0.00000225. The number of rotatable bonds is 5. The highest BCUT2D eigenvalue weighted by Gasteiger charge is 2.31. The Morgan fingerprint density at radius 1 is 1.20 bits per heavy atom. The number of carbonyl (C=O) groups is 1. The summed E-state index contributed by atoms with van der Waals surface area (Å²) in [4.78, 5) is 17.2. The lowest BCUT2D eigenvalue weighted by molar-refractivity contribution is 0.0656. The van der Waals surface area contributed by atoms with E-state index in [2.05, 4.69) is 10.2 Å². The first-order valence-corrected chi connectivity index (χ1v) is 9.08. The molecule has 1 atom stereocenters. The van der Waals surface area contributed by atoms with Gasteiger partial charge >= 0.3 is 0 Å². The van der Waals surface area contributed by atoms with Crippen LogP contribution in [0, 0.1) is 0 Å². The molecular weight excluding hydrogens is 338 g/mol. The van der Waals surface area contributed by atoms with Gasteiger partial charge in [0.05, 0.1) is 12.7 Å². The maximum absolute atomic E-state index is 12.7. The Morgan fingerprint density at radius 2 is 1.88 bits per heavy atom. The Kier molecular flexibility index (Phi) is 7.69. The first-order chi connectivity index (χ1) is 11.6. The van der Waals surface area contributed by atoms with Gasteiger partial charge < -0.3 is 15.0 Å².